The predicted molar refractivity (Wildman–Crippen MR) is 122 cm³/mol. The van der Waals surface area contributed by atoms with Crippen LogP contribution >= 0.6 is 11.6 Å². The number of halogens is 1. The number of piperidine rings is 1. The van der Waals surface area contributed by atoms with E-state index in [4.69, 9.17) is 16.3 Å². The van der Waals surface area contributed by atoms with Crippen LogP contribution in [0.3, 0.4) is 0 Å². The first kappa shape index (κ1) is 21.6. The first-order valence-corrected chi connectivity index (χ1v) is 11.2. The van der Waals surface area contributed by atoms with Crippen molar-refractivity contribution < 1.29 is 14.3 Å². The fourth-order valence-electron chi connectivity index (χ4n) is 4.22. The van der Waals surface area contributed by atoms with Gasteiger partial charge in [0, 0.05) is 25.7 Å². The molecule has 0 N–H and O–H groups in total. The van der Waals surface area contributed by atoms with E-state index < -0.39 is 0 Å². The second kappa shape index (κ2) is 9.67. The topological polar surface area (TPSA) is 49.9 Å². The maximum Gasteiger partial charge on any atom is 0.273 e. The van der Waals surface area contributed by atoms with Crippen LogP contribution in [0.15, 0.2) is 59.6 Å². The summed E-state index contributed by atoms with van der Waals surface area (Å²) in [4.78, 5) is 29.8. The second-order valence-corrected chi connectivity index (χ2v) is 8.41. The zero-order chi connectivity index (χ0) is 21.8. The molecule has 0 saturated carbocycles. The first-order valence-electron chi connectivity index (χ1n) is 10.9. The van der Waals surface area contributed by atoms with Crippen molar-refractivity contribution in [1.29, 1.82) is 0 Å². The zero-order valence-corrected chi connectivity index (χ0v) is 18.5. The van der Waals surface area contributed by atoms with Crippen molar-refractivity contribution in [1.82, 2.24) is 9.80 Å². The molecule has 2 amide bonds. The molecule has 4 rings (SSSR count). The molecule has 2 aliphatic heterocycles. The minimum atomic E-state index is -0.380. The van der Waals surface area contributed by atoms with E-state index in [9.17, 15) is 9.59 Å². The molecule has 0 aliphatic carbocycles. The standard InChI is InChI=1S/C25H27ClN2O3/c1-2-16-31-21-10-8-19(9-11-21)22-23(26)25(30)28(24(22)29)20-12-14-27(15-13-20)17-18-6-4-3-5-7-18/h3-11,20H,2,12-17H2,1H3. The number of imide groups is 1. The van der Waals surface area contributed by atoms with Gasteiger partial charge in [-0.2, -0.15) is 0 Å². The quantitative estimate of drug-likeness (QED) is 0.599. The Morgan fingerprint density at radius 2 is 1.65 bits per heavy atom. The zero-order valence-electron chi connectivity index (χ0n) is 17.7. The Bertz CT molecular complexity index is 964. The third kappa shape index (κ3) is 4.68. The van der Waals surface area contributed by atoms with Gasteiger partial charge in [0.1, 0.15) is 10.8 Å². The number of carbonyl (C=O) groups is 2. The van der Waals surface area contributed by atoms with Crippen LogP contribution in [-0.2, 0) is 16.1 Å². The van der Waals surface area contributed by atoms with Crippen molar-refractivity contribution in [3.63, 3.8) is 0 Å². The molecule has 1 fully saturated rings. The lowest BCUT2D eigenvalue weighted by atomic mass is 10.0. The lowest BCUT2D eigenvalue weighted by Crippen LogP contribution is -2.47. The SMILES string of the molecule is CCCOc1ccc(C2=C(Cl)C(=O)N(C3CCN(Cc4ccccc4)CC3)C2=O)cc1. The Balaban J connectivity index is 1.41. The largest absolute Gasteiger partial charge is 0.494 e. The molecule has 31 heavy (non-hydrogen) atoms. The van der Waals surface area contributed by atoms with Gasteiger partial charge in [-0.05, 0) is 42.5 Å². The van der Waals surface area contributed by atoms with Gasteiger partial charge in [0.2, 0.25) is 0 Å². The fraction of sp³-hybridized carbons (Fsp3) is 0.360. The van der Waals surface area contributed by atoms with Crippen molar-refractivity contribution in [2.45, 2.75) is 38.8 Å². The van der Waals surface area contributed by atoms with Gasteiger partial charge in [-0.1, -0.05) is 61.0 Å². The number of ether oxygens (including phenoxy) is 1. The maximum atomic E-state index is 13.2. The highest BCUT2D eigenvalue weighted by molar-refractivity contribution is 6.55. The molecule has 0 radical (unpaired) electrons. The number of nitrogens with zero attached hydrogens (tertiary/aromatic N) is 2. The van der Waals surface area contributed by atoms with Crippen molar-refractivity contribution >= 4 is 29.0 Å². The Kier molecular flexibility index (Phi) is 6.73. The van der Waals surface area contributed by atoms with E-state index in [0.29, 0.717) is 17.7 Å². The van der Waals surface area contributed by atoms with Crippen molar-refractivity contribution in [2.75, 3.05) is 19.7 Å². The highest BCUT2D eigenvalue weighted by Gasteiger charge is 2.42. The summed E-state index contributed by atoms with van der Waals surface area (Å²) in [6.45, 7) is 5.24. The van der Waals surface area contributed by atoms with Crippen LogP contribution in [0.1, 0.15) is 37.3 Å². The van der Waals surface area contributed by atoms with Crippen LogP contribution in [-0.4, -0.2) is 47.4 Å². The third-order valence-corrected chi connectivity index (χ3v) is 6.20. The van der Waals surface area contributed by atoms with Crippen molar-refractivity contribution in [3.05, 3.63) is 70.8 Å². The van der Waals surface area contributed by atoms with E-state index in [0.717, 1.165) is 44.6 Å². The van der Waals surface area contributed by atoms with E-state index in [1.54, 1.807) is 12.1 Å². The number of rotatable bonds is 7. The van der Waals surface area contributed by atoms with Crippen LogP contribution in [0.25, 0.3) is 5.57 Å². The molecule has 2 aromatic rings. The molecule has 0 aromatic heterocycles. The summed E-state index contributed by atoms with van der Waals surface area (Å²) in [6, 6.07) is 17.4. The molecule has 0 atom stereocenters. The van der Waals surface area contributed by atoms with Gasteiger partial charge in [-0.15, -0.1) is 0 Å². The lowest BCUT2D eigenvalue weighted by molar-refractivity contribution is -0.140. The average molecular weight is 439 g/mol. The van der Waals surface area contributed by atoms with Gasteiger partial charge in [0.05, 0.1) is 12.2 Å². The van der Waals surface area contributed by atoms with Crippen LogP contribution in [0.2, 0.25) is 0 Å². The Hall–Kier alpha value is -2.63. The molecule has 2 aliphatic rings. The van der Waals surface area contributed by atoms with Gasteiger partial charge in [-0.25, -0.2) is 0 Å². The third-order valence-electron chi connectivity index (χ3n) is 5.85. The number of hydrogen-bond donors (Lipinski definition) is 0. The Morgan fingerprint density at radius 1 is 0.968 bits per heavy atom. The molecule has 162 valence electrons. The predicted octanol–water partition coefficient (Wildman–Crippen LogP) is 4.46. The van der Waals surface area contributed by atoms with E-state index in [2.05, 4.69) is 17.0 Å². The highest BCUT2D eigenvalue weighted by Crippen LogP contribution is 2.35. The summed E-state index contributed by atoms with van der Waals surface area (Å²) < 4.78 is 5.60. The first-order chi connectivity index (χ1) is 15.1. The Morgan fingerprint density at radius 3 is 2.29 bits per heavy atom. The summed E-state index contributed by atoms with van der Waals surface area (Å²) in [5.74, 6) is 0.0648. The smallest absolute Gasteiger partial charge is 0.273 e. The van der Waals surface area contributed by atoms with Gasteiger partial charge in [0.25, 0.3) is 11.8 Å². The monoisotopic (exact) mass is 438 g/mol. The van der Waals surface area contributed by atoms with Crippen LogP contribution in [0.5, 0.6) is 5.75 Å². The number of amides is 2. The summed E-state index contributed by atoms with van der Waals surface area (Å²) in [6.07, 6.45) is 2.43. The van der Waals surface area contributed by atoms with Gasteiger partial charge in [0.15, 0.2) is 0 Å². The maximum absolute atomic E-state index is 13.2. The summed E-state index contributed by atoms with van der Waals surface area (Å²) in [5, 5.41) is 0.0129. The molecular weight excluding hydrogens is 412 g/mol. The molecular formula is C25H27ClN2O3. The lowest BCUT2D eigenvalue weighted by Gasteiger charge is -2.35. The fourth-order valence-corrected chi connectivity index (χ4v) is 4.50. The van der Waals surface area contributed by atoms with E-state index in [1.165, 1.54) is 10.5 Å². The molecule has 2 aromatic carbocycles. The Labute approximate surface area is 188 Å². The van der Waals surface area contributed by atoms with Crippen LogP contribution in [0, 0.1) is 0 Å². The molecule has 2 heterocycles. The molecule has 5 nitrogen and oxygen atoms in total. The van der Waals surface area contributed by atoms with Crippen LogP contribution < -0.4 is 4.74 Å². The van der Waals surface area contributed by atoms with E-state index >= 15 is 0 Å². The summed E-state index contributed by atoms with van der Waals surface area (Å²) in [5.41, 5.74) is 2.21. The number of hydrogen-bond acceptors (Lipinski definition) is 4. The van der Waals surface area contributed by atoms with Gasteiger partial charge in [-0.3, -0.25) is 19.4 Å². The molecule has 0 bridgehead atoms. The minimum absolute atomic E-state index is 0.0129. The average Bonchev–Trinajstić information content (AvgIpc) is 3.02. The molecule has 6 heteroatoms. The highest BCUT2D eigenvalue weighted by atomic mass is 35.5. The summed E-state index contributed by atoms with van der Waals surface area (Å²) in [7, 11) is 0. The van der Waals surface area contributed by atoms with Crippen LogP contribution in [0.4, 0.5) is 0 Å². The molecule has 0 spiro atoms. The minimum Gasteiger partial charge on any atom is -0.494 e. The van der Waals surface area contributed by atoms with E-state index in [1.807, 2.05) is 37.3 Å². The normalized spacial score (nSPS) is 18.2. The number of carbonyl (C=O) groups excluding carboxylic acids is 2. The molecule has 1 saturated heterocycles. The number of likely N-dealkylation sites (tertiary alicyclic amines) is 1. The number of benzene rings is 2. The van der Waals surface area contributed by atoms with Crippen molar-refractivity contribution in [3.8, 4) is 5.75 Å². The second-order valence-electron chi connectivity index (χ2n) is 8.04. The van der Waals surface area contributed by atoms with E-state index in [-0.39, 0.29) is 22.9 Å². The van der Waals surface area contributed by atoms with Gasteiger partial charge < -0.3 is 4.74 Å². The molecule has 0 unspecified atom stereocenters. The summed E-state index contributed by atoms with van der Waals surface area (Å²) >= 11 is 6.36. The van der Waals surface area contributed by atoms with Crippen molar-refractivity contribution in [2.24, 2.45) is 0 Å². The van der Waals surface area contributed by atoms with Gasteiger partial charge >= 0.3 is 0 Å².